The number of halogens is 4. The summed E-state index contributed by atoms with van der Waals surface area (Å²) in [5.41, 5.74) is 0.675. The lowest BCUT2D eigenvalue weighted by Gasteiger charge is -2.07. The number of aromatic nitrogens is 3. The van der Waals surface area contributed by atoms with Crippen LogP contribution in [0.15, 0.2) is 41.4 Å². The number of nitrogens with zero attached hydrogens (tertiary/aromatic N) is 2. The molecule has 3 rings (SSSR count). The third kappa shape index (κ3) is 3.70. The van der Waals surface area contributed by atoms with E-state index in [0.29, 0.717) is 11.3 Å². The normalized spacial score (nSPS) is 12.4. The third-order valence-electron chi connectivity index (χ3n) is 3.85. The van der Waals surface area contributed by atoms with E-state index in [4.69, 9.17) is 0 Å². The van der Waals surface area contributed by atoms with Crippen molar-refractivity contribution in [2.75, 3.05) is 6.26 Å². The molecule has 5 nitrogen and oxygen atoms in total. The van der Waals surface area contributed by atoms with Gasteiger partial charge in [-0.1, -0.05) is 6.07 Å². The molecule has 1 N–H and O–H groups in total. The quantitative estimate of drug-likeness (QED) is 0.676. The Balaban J connectivity index is 2.25. The summed E-state index contributed by atoms with van der Waals surface area (Å²) >= 11 is 0. The number of pyridine rings is 1. The first-order chi connectivity index (χ1) is 12.5. The van der Waals surface area contributed by atoms with Gasteiger partial charge in [0.15, 0.2) is 9.84 Å². The fraction of sp³-hybridized carbons (Fsp3) is 0.176. The van der Waals surface area contributed by atoms with Crippen LogP contribution in [0.4, 0.5) is 17.6 Å². The summed E-state index contributed by atoms with van der Waals surface area (Å²) in [4.78, 5) is 9.30. The fourth-order valence-corrected chi connectivity index (χ4v) is 3.34. The lowest BCUT2D eigenvalue weighted by molar-refractivity contribution is -0.144. The summed E-state index contributed by atoms with van der Waals surface area (Å²) < 4.78 is 76.8. The summed E-state index contributed by atoms with van der Waals surface area (Å²) in [6, 6.07) is 6.17. The number of sulfone groups is 1. The molecule has 142 valence electrons. The van der Waals surface area contributed by atoms with E-state index in [9.17, 15) is 26.0 Å². The summed E-state index contributed by atoms with van der Waals surface area (Å²) in [5, 5.41) is 0. The van der Waals surface area contributed by atoms with E-state index >= 15 is 0 Å². The van der Waals surface area contributed by atoms with Crippen LogP contribution >= 0.6 is 0 Å². The zero-order valence-electron chi connectivity index (χ0n) is 14.1. The predicted octanol–water partition coefficient (Wildman–Crippen LogP) is 4.01. The van der Waals surface area contributed by atoms with Crippen LogP contribution < -0.4 is 0 Å². The number of rotatable bonds is 3. The molecule has 0 aliphatic carbocycles. The van der Waals surface area contributed by atoms with Crippen molar-refractivity contribution in [1.29, 1.82) is 0 Å². The Kier molecular flexibility index (Phi) is 4.54. The summed E-state index contributed by atoms with van der Waals surface area (Å²) in [6.45, 7) is 1.61. The van der Waals surface area contributed by atoms with Gasteiger partial charge < -0.3 is 4.98 Å². The number of alkyl halides is 3. The van der Waals surface area contributed by atoms with E-state index in [0.717, 1.165) is 18.4 Å². The number of aryl methyl sites for hydroxylation is 1. The van der Waals surface area contributed by atoms with Crippen molar-refractivity contribution in [3.8, 4) is 22.5 Å². The summed E-state index contributed by atoms with van der Waals surface area (Å²) in [5.74, 6) is -2.32. The number of benzene rings is 1. The maximum absolute atomic E-state index is 14.2. The molecule has 3 aromatic rings. The molecular weight excluding hydrogens is 386 g/mol. The van der Waals surface area contributed by atoms with Gasteiger partial charge in [0.1, 0.15) is 10.7 Å². The molecule has 2 aromatic heterocycles. The lowest BCUT2D eigenvalue weighted by Crippen LogP contribution is -2.07. The number of nitrogens with one attached hydrogen (secondary N) is 1. The van der Waals surface area contributed by atoms with E-state index in [1.165, 1.54) is 12.3 Å². The average molecular weight is 399 g/mol. The van der Waals surface area contributed by atoms with Gasteiger partial charge in [0, 0.05) is 29.3 Å². The van der Waals surface area contributed by atoms with Crippen LogP contribution in [0.3, 0.4) is 0 Å². The molecule has 0 atom stereocenters. The van der Waals surface area contributed by atoms with Crippen molar-refractivity contribution in [3.63, 3.8) is 0 Å². The molecule has 0 bridgehead atoms. The summed E-state index contributed by atoms with van der Waals surface area (Å²) in [7, 11) is -3.81. The zero-order chi connectivity index (χ0) is 20.0. The van der Waals surface area contributed by atoms with Crippen LogP contribution in [0.25, 0.3) is 22.5 Å². The maximum atomic E-state index is 14.2. The van der Waals surface area contributed by atoms with Gasteiger partial charge in [0.2, 0.25) is 5.82 Å². The Morgan fingerprint density at radius 2 is 1.85 bits per heavy atom. The number of hydrogen-bond donors (Lipinski definition) is 1. The van der Waals surface area contributed by atoms with Crippen molar-refractivity contribution in [3.05, 3.63) is 53.9 Å². The highest BCUT2D eigenvalue weighted by Crippen LogP contribution is 2.37. The Labute approximate surface area is 152 Å². The van der Waals surface area contributed by atoms with Gasteiger partial charge in [-0.15, -0.1) is 0 Å². The number of aromatic amines is 1. The second-order valence-corrected chi connectivity index (χ2v) is 7.84. The van der Waals surface area contributed by atoms with Crippen molar-refractivity contribution in [2.45, 2.75) is 18.0 Å². The van der Waals surface area contributed by atoms with Crippen molar-refractivity contribution < 1.29 is 26.0 Å². The molecule has 0 aliphatic rings. The highest BCUT2D eigenvalue weighted by molar-refractivity contribution is 7.90. The van der Waals surface area contributed by atoms with Crippen LogP contribution in [0.1, 0.15) is 11.5 Å². The van der Waals surface area contributed by atoms with Gasteiger partial charge in [-0.25, -0.2) is 17.8 Å². The Hall–Kier alpha value is -2.75. The Morgan fingerprint density at radius 3 is 2.41 bits per heavy atom. The van der Waals surface area contributed by atoms with Crippen molar-refractivity contribution in [1.82, 2.24) is 15.0 Å². The van der Waals surface area contributed by atoms with Gasteiger partial charge in [0.05, 0.1) is 11.4 Å². The highest BCUT2D eigenvalue weighted by atomic mass is 32.2. The van der Waals surface area contributed by atoms with Crippen molar-refractivity contribution >= 4 is 9.84 Å². The van der Waals surface area contributed by atoms with Crippen LogP contribution in [0.5, 0.6) is 0 Å². The molecule has 0 radical (unpaired) electrons. The molecule has 0 saturated carbocycles. The molecule has 0 aliphatic heterocycles. The minimum atomic E-state index is -4.74. The van der Waals surface area contributed by atoms with E-state index < -0.39 is 32.6 Å². The molecule has 10 heteroatoms. The minimum absolute atomic E-state index is 0.00454. The maximum Gasteiger partial charge on any atom is 0.449 e. The smallest absolute Gasteiger partial charge is 0.334 e. The molecule has 0 spiro atoms. The first-order valence-electron chi connectivity index (χ1n) is 7.57. The van der Waals surface area contributed by atoms with Crippen LogP contribution in [0.2, 0.25) is 0 Å². The van der Waals surface area contributed by atoms with Crippen molar-refractivity contribution in [2.24, 2.45) is 0 Å². The van der Waals surface area contributed by atoms with E-state index in [2.05, 4.69) is 15.0 Å². The number of imidazole rings is 1. The molecular formula is C17H13F4N3O2S. The SMILES string of the molecule is Cc1ncccc1-c1[nH]c(C(F)(F)F)nc1-c1ccc(S(C)(=O)=O)c(F)c1. The van der Waals surface area contributed by atoms with Crippen LogP contribution in [-0.4, -0.2) is 29.6 Å². The molecule has 27 heavy (non-hydrogen) atoms. The molecule has 2 heterocycles. The predicted molar refractivity (Wildman–Crippen MR) is 90.1 cm³/mol. The van der Waals surface area contributed by atoms with E-state index in [1.807, 2.05) is 0 Å². The summed E-state index contributed by atoms with van der Waals surface area (Å²) in [6.07, 6.45) is -2.42. The molecule has 0 fully saturated rings. The molecule has 0 unspecified atom stereocenters. The second kappa shape index (κ2) is 6.45. The van der Waals surface area contributed by atoms with Gasteiger partial charge in [-0.3, -0.25) is 4.98 Å². The number of hydrogen-bond acceptors (Lipinski definition) is 4. The fourth-order valence-electron chi connectivity index (χ4n) is 2.61. The van der Waals surface area contributed by atoms with Gasteiger partial charge in [-0.2, -0.15) is 13.2 Å². The van der Waals surface area contributed by atoms with E-state index in [1.54, 1.807) is 19.1 Å². The lowest BCUT2D eigenvalue weighted by atomic mass is 10.0. The minimum Gasteiger partial charge on any atom is -0.334 e. The Bertz CT molecular complexity index is 1120. The van der Waals surface area contributed by atoms with Gasteiger partial charge >= 0.3 is 6.18 Å². The second-order valence-electron chi connectivity index (χ2n) is 5.86. The highest BCUT2D eigenvalue weighted by Gasteiger charge is 2.36. The molecule has 0 amide bonds. The standard InChI is InChI=1S/C17H13F4N3O2S/c1-9-11(4-3-7-22-9)15-14(23-16(24-15)17(19,20)21)10-5-6-13(12(18)8-10)27(2,25)26/h3-8H,1-2H3,(H,23,24). The first-order valence-corrected chi connectivity index (χ1v) is 9.47. The Morgan fingerprint density at radius 1 is 1.15 bits per heavy atom. The van der Waals surface area contributed by atoms with Crippen LogP contribution in [0, 0.1) is 12.7 Å². The van der Waals surface area contributed by atoms with Gasteiger partial charge in [-0.05, 0) is 31.2 Å². The first kappa shape index (κ1) is 19.0. The molecule has 1 aromatic carbocycles. The largest absolute Gasteiger partial charge is 0.449 e. The van der Waals surface area contributed by atoms with E-state index in [-0.39, 0.29) is 17.0 Å². The average Bonchev–Trinajstić information content (AvgIpc) is 2.99. The number of H-pyrrole nitrogens is 1. The monoisotopic (exact) mass is 399 g/mol. The van der Waals surface area contributed by atoms with Gasteiger partial charge in [0.25, 0.3) is 0 Å². The molecule has 0 saturated heterocycles. The topological polar surface area (TPSA) is 75.7 Å². The third-order valence-corrected chi connectivity index (χ3v) is 4.98. The van der Waals surface area contributed by atoms with Crippen LogP contribution in [-0.2, 0) is 16.0 Å². The zero-order valence-corrected chi connectivity index (χ0v) is 14.9.